The van der Waals surface area contributed by atoms with Crippen LogP contribution in [0.5, 0.6) is 5.75 Å². The summed E-state index contributed by atoms with van der Waals surface area (Å²) in [5.41, 5.74) is 2.82. The lowest BCUT2D eigenvalue weighted by Crippen LogP contribution is -2.37. The second kappa shape index (κ2) is 7.77. The molecule has 2 heterocycles. The van der Waals surface area contributed by atoms with Gasteiger partial charge >= 0.3 is 0 Å². The molecule has 1 aliphatic heterocycles. The molecular weight excluding hydrogens is 328 g/mol. The Hall–Kier alpha value is -2.56. The van der Waals surface area contributed by atoms with E-state index in [-0.39, 0.29) is 17.0 Å². The number of rotatable bonds is 4. The van der Waals surface area contributed by atoms with E-state index in [9.17, 15) is 9.59 Å². The molecule has 1 N–H and O–H groups in total. The van der Waals surface area contributed by atoms with Crippen LogP contribution in [0.2, 0.25) is 0 Å². The summed E-state index contributed by atoms with van der Waals surface area (Å²) in [4.78, 5) is 25.3. The van der Waals surface area contributed by atoms with Gasteiger partial charge in [0.05, 0.1) is 6.61 Å². The van der Waals surface area contributed by atoms with Crippen molar-refractivity contribution in [2.75, 3.05) is 13.2 Å². The first-order valence-corrected chi connectivity index (χ1v) is 9.21. The number of hydrogen-bond donors (Lipinski definition) is 1. The van der Waals surface area contributed by atoms with E-state index in [1.54, 1.807) is 4.57 Å². The molecule has 1 amide bonds. The van der Waals surface area contributed by atoms with E-state index >= 15 is 0 Å². The fourth-order valence-electron chi connectivity index (χ4n) is 3.66. The van der Waals surface area contributed by atoms with Crippen molar-refractivity contribution in [2.45, 2.75) is 40.2 Å². The molecule has 1 unspecified atom stereocenters. The number of nitrogens with one attached hydrogen (secondary N) is 1. The maximum absolute atomic E-state index is 12.7. The van der Waals surface area contributed by atoms with Crippen molar-refractivity contribution in [1.82, 2.24) is 9.88 Å². The monoisotopic (exact) mass is 354 g/mol. The lowest BCUT2D eigenvalue weighted by molar-refractivity contribution is 0.0942. The second-order valence-corrected chi connectivity index (χ2v) is 6.92. The molecule has 1 aliphatic rings. The molecule has 0 bridgehead atoms. The number of nitrogens with zero attached hydrogens (tertiary/aromatic N) is 1. The van der Waals surface area contributed by atoms with Crippen molar-refractivity contribution in [3.63, 3.8) is 0 Å². The van der Waals surface area contributed by atoms with Crippen LogP contribution in [-0.2, 0) is 13.0 Å². The molecule has 0 spiro atoms. The Morgan fingerprint density at radius 2 is 2.08 bits per heavy atom. The molecule has 1 aromatic carbocycles. The maximum atomic E-state index is 12.7. The number of aryl methyl sites for hydroxylation is 2. The van der Waals surface area contributed by atoms with Crippen LogP contribution in [-0.4, -0.2) is 23.6 Å². The molecule has 5 heteroatoms. The Labute approximate surface area is 154 Å². The molecule has 0 saturated carbocycles. The van der Waals surface area contributed by atoms with Crippen LogP contribution in [0, 0.1) is 19.8 Å². The van der Waals surface area contributed by atoms with Crippen LogP contribution >= 0.6 is 0 Å². The number of benzene rings is 1. The predicted octanol–water partition coefficient (Wildman–Crippen LogP) is 2.86. The highest BCUT2D eigenvalue weighted by Crippen LogP contribution is 2.26. The summed E-state index contributed by atoms with van der Waals surface area (Å²) >= 11 is 0. The zero-order chi connectivity index (χ0) is 18.7. The Kier molecular flexibility index (Phi) is 5.45. The van der Waals surface area contributed by atoms with Crippen molar-refractivity contribution in [3.05, 3.63) is 63.1 Å². The highest BCUT2D eigenvalue weighted by atomic mass is 16.5. The Bertz CT molecular complexity index is 870. The summed E-state index contributed by atoms with van der Waals surface area (Å²) in [6, 6.07) is 9.93. The molecule has 0 radical (unpaired) electrons. The van der Waals surface area contributed by atoms with E-state index < -0.39 is 0 Å². The van der Waals surface area contributed by atoms with Gasteiger partial charge < -0.3 is 14.6 Å². The van der Waals surface area contributed by atoms with Gasteiger partial charge in [-0.3, -0.25) is 9.59 Å². The van der Waals surface area contributed by atoms with Gasteiger partial charge in [0.15, 0.2) is 0 Å². The van der Waals surface area contributed by atoms with Crippen LogP contribution in [0.15, 0.2) is 35.1 Å². The molecular formula is C21H26N2O3. The normalized spacial score (nSPS) is 16.3. The smallest absolute Gasteiger partial charge is 0.263 e. The molecule has 138 valence electrons. The van der Waals surface area contributed by atoms with Gasteiger partial charge in [0, 0.05) is 18.8 Å². The summed E-state index contributed by atoms with van der Waals surface area (Å²) in [5, 5.41) is 2.97. The van der Waals surface area contributed by atoms with E-state index in [0.717, 1.165) is 29.8 Å². The molecule has 5 nitrogen and oxygen atoms in total. The molecule has 1 aromatic heterocycles. The van der Waals surface area contributed by atoms with E-state index in [2.05, 4.69) is 11.4 Å². The van der Waals surface area contributed by atoms with Crippen LogP contribution in [0.3, 0.4) is 0 Å². The first-order valence-electron chi connectivity index (χ1n) is 9.21. The number of fused-ring (bicyclic) bond motifs is 1. The first kappa shape index (κ1) is 18.2. The molecule has 2 aromatic rings. The van der Waals surface area contributed by atoms with Gasteiger partial charge in [-0.15, -0.1) is 0 Å². The van der Waals surface area contributed by atoms with Crippen molar-refractivity contribution in [1.29, 1.82) is 0 Å². The minimum atomic E-state index is -0.284. The molecule has 0 saturated heterocycles. The Morgan fingerprint density at radius 1 is 1.31 bits per heavy atom. The van der Waals surface area contributed by atoms with Gasteiger partial charge in [-0.25, -0.2) is 0 Å². The Balaban J connectivity index is 1.73. The number of para-hydroxylation sites is 1. The van der Waals surface area contributed by atoms with Crippen molar-refractivity contribution >= 4 is 5.91 Å². The zero-order valence-corrected chi connectivity index (χ0v) is 15.7. The van der Waals surface area contributed by atoms with Gasteiger partial charge in [0.2, 0.25) is 0 Å². The summed E-state index contributed by atoms with van der Waals surface area (Å²) in [5.74, 6) is 0.941. The number of amides is 1. The average Bonchev–Trinajstić information content (AvgIpc) is 2.81. The topological polar surface area (TPSA) is 60.3 Å². The van der Waals surface area contributed by atoms with E-state index in [1.165, 1.54) is 5.56 Å². The highest BCUT2D eigenvalue weighted by Gasteiger charge is 2.21. The average molecular weight is 354 g/mol. The largest absolute Gasteiger partial charge is 0.493 e. The van der Waals surface area contributed by atoms with Crippen LogP contribution < -0.4 is 15.6 Å². The van der Waals surface area contributed by atoms with Crippen LogP contribution in [0.25, 0.3) is 0 Å². The minimum absolute atomic E-state index is 0.211. The van der Waals surface area contributed by atoms with Crippen LogP contribution in [0.1, 0.15) is 40.5 Å². The van der Waals surface area contributed by atoms with Gasteiger partial charge in [-0.05, 0) is 62.8 Å². The SMILES string of the molecule is CCn1c(C)cc(C)c(C(=O)NCC2CCOc3ccccc3C2)c1=O. The number of hydrogen-bond acceptors (Lipinski definition) is 3. The molecule has 3 rings (SSSR count). The molecule has 0 aliphatic carbocycles. The van der Waals surface area contributed by atoms with E-state index in [0.29, 0.717) is 25.6 Å². The molecule has 0 fully saturated rings. The summed E-state index contributed by atoms with van der Waals surface area (Å²) in [6.45, 7) is 7.36. The number of carbonyl (C=O) groups is 1. The first-order chi connectivity index (χ1) is 12.5. The fourth-order valence-corrected chi connectivity index (χ4v) is 3.66. The molecule has 1 atom stereocenters. The standard InChI is InChI=1S/C21H26N2O3/c1-4-23-15(3)11-14(2)19(21(23)25)20(24)22-13-16-9-10-26-18-8-6-5-7-17(18)12-16/h5-8,11,16H,4,9-10,12-13H2,1-3H3,(H,22,24). The summed E-state index contributed by atoms with van der Waals surface area (Å²) in [6.07, 6.45) is 1.74. The lowest BCUT2D eigenvalue weighted by atomic mass is 9.96. The van der Waals surface area contributed by atoms with Gasteiger partial charge in [0.1, 0.15) is 11.3 Å². The maximum Gasteiger partial charge on any atom is 0.263 e. The van der Waals surface area contributed by atoms with E-state index in [4.69, 9.17) is 4.74 Å². The minimum Gasteiger partial charge on any atom is -0.493 e. The van der Waals surface area contributed by atoms with Crippen molar-refractivity contribution < 1.29 is 9.53 Å². The highest BCUT2D eigenvalue weighted by molar-refractivity contribution is 5.95. The van der Waals surface area contributed by atoms with Crippen molar-refractivity contribution in [3.8, 4) is 5.75 Å². The van der Waals surface area contributed by atoms with Gasteiger partial charge in [-0.1, -0.05) is 18.2 Å². The third kappa shape index (κ3) is 3.66. The predicted molar refractivity (Wildman–Crippen MR) is 102 cm³/mol. The van der Waals surface area contributed by atoms with Gasteiger partial charge in [-0.2, -0.15) is 0 Å². The number of aromatic nitrogens is 1. The van der Waals surface area contributed by atoms with E-state index in [1.807, 2.05) is 45.0 Å². The lowest BCUT2D eigenvalue weighted by Gasteiger charge is -2.16. The number of carbonyl (C=O) groups excluding carboxylic acids is 1. The van der Waals surface area contributed by atoms with Gasteiger partial charge in [0.25, 0.3) is 11.5 Å². The zero-order valence-electron chi connectivity index (χ0n) is 15.7. The third-order valence-electron chi connectivity index (χ3n) is 5.06. The Morgan fingerprint density at radius 3 is 2.85 bits per heavy atom. The fraction of sp³-hybridized carbons (Fsp3) is 0.429. The number of pyridine rings is 1. The summed E-state index contributed by atoms with van der Waals surface area (Å²) < 4.78 is 7.42. The second-order valence-electron chi connectivity index (χ2n) is 6.92. The third-order valence-corrected chi connectivity index (χ3v) is 5.06. The van der Waals surface area contributed by atoms with Crippen molar-refractivity contribution in [2.24, 2.45) is 5.92 Å². The molecule has 26 heavy (non-hydrogen) atoms. The number of ether oxygens (including phenoxy) is 1. The van der Waals surface area contributed by atoms with Crippen LogP contribution in [0.4, 0.5) is 0 Å². The summed E-state index contributed by atoms with van der Waals surface area (Å²) in [7, 11) is 0. The quantitative estimate of drug-likeness (QED) is 0.918.